The van der Waals surface area contributed by atoms with Crippen LogP contribution in [0.15, 0.2) is 39.1 Å². The Morgan fingerprint density at radius 1 is 1.37 bits per heavy atom. The lowest BCUT2D eigenvalue weighted by Crippen LogP contribution is -1.90. The highest BCUT2D eigenvalue weighted by Gasteiger charge is 2.14. The second-order valence-electron chi connectivity index (χ2n) is 4.21. The van der Waals surface area contributed by atoms with Crippen LogP contribution in [-0.4, -0.2) is 4.92 Å². The molecule has 0 aliphatic carbocycles. The average Bonchev–Trinajstić information content (AvgIpc) is 2.42. The van der Waals surface area contributed by atoms with E-state index in [1.807, 2.05) is 11.1 Å². The van der Waals surface area contributed by atoms with Gasteiger partial charge in [0.25, 0.3) is 5.69 Å². The molecule has 0 unspecified atom stereocenters. The van der Waals surface area contributed by atoms with Crippen molar-refractivity contribution in [3.8, 4) is 0 Å². The van der Waals surface area contributed by atoms with Gasteiger partial charge >= 0.3 is 0 Å². The third kappa shape index (κ3) is 5.78. The van der Waals surface area contributed by atoms with E-state index in [1.54, 1.807) is 18.2 Å². The minimum atomic E-state index is -0.328. The van der Waals surface area contributed by atoms with Gasteiger partial charge in [-0.1, -0.05) is 66.0 Å². The molecule has 0 aliphatic rings. The molecule has 1 aromatic rings. The van der Waals surface area contributed by atoms with E-state index in [4.69, 9.17) is 0 Å². The Kier molecular flexibility index (Phi) is 7.82. The minimum Gasteiger partial charge on any atom is -0.258 e. The van der Waals surface area contributed by atoms with Crippen molar-refractivity contribution in [2.24, 2.45) is 0 Å². The van der Waals surface area contributed by atoms with E-state index in [0.29, 0.717) is 4.90 Å². The molecule has 0 amide bonds. The van der Waals surface area contributed by atoms with Gasteiger partial charge in [0.1, 0.15) is 0 Å². The molecule has 0 atom stereocenters. The summed E-state index contributed by atoms with van der Waals surface area (Å²) in [5, 5.41) is 11.0. The Bertz CT molecular complexity index is 449. The normalized spacial score (nSPS) is 11.6. The van der Waals surface area contributed by atoms with E-state index in [-0.39, 0.29) is 10.6 Å². The summed E-state index contributed by atoms with van der Waals surface area (Å²) in [6.45, 7) is 2.18. The van der Waals surface area contributed by atoms with Gasteiger partial charge in [-0.2, -0.15) is 0 Å². The van der Waals surface area contributed by atoms with Crippen LogP contribution in [-0.2, 0) is 0 Å². The zero-order chi connectivity index (χ0) is 14.1. The zero-order valence-electron chi connectivity index (χ0n) is 11.0. The summed E-state index contributed by atoms with van der Waals surface area (Å²) in [5.41, 5.74) is 0.174. The molecule has 0 saturated carbocycles. The van der Waals surface area contributed by atoms with E-state index in [1.165, 1.54) is 31.0 Å². The average molecular weight is 344 g/mol. The number of nitro groups is 1. The van der Waals surface area contributed by atoms with Gasteiger partial charge < -0.3 is 0 Å². The largest absolute Gasteiger partial charge is 0.283 e. The number of para-hydroxylation sites is 1. The first kappa shape index (κ1) is 16.2. The zero-order valence-corrected chi connectivity index (χ0v) is 13.4. The molecule has 19 heavy (non-hydrogen) atoms. The van der Waals surface area contributed by atoms with Crippen molar-refractivity contribution >= 4 is 33.4 Å². The predicted octanol–water partition coefficient (Wildman–Crippen LogP) is 5.89. The molecule has 3 nitrogen and oxygen atoms in total. The van der Waals surface area contributed by atoms with Crippen molar-refractivity contribution in [1.29, 1.82) is 0 Å². The van der Waals surface area contributed by atoms with Crippen LogP contribution in [0.3, 0.4) is 0 Å². The van der Waals surface area contributed by atoms with Crippen molar-refractivity contribution in [3.63, 3.8) is 0 Å². The molecule has 0 aliphatic heterocycles. The van der Waals surface area contributed by atoms with Crippen LogP contribution in [0.5, 0.6) is 0 Å². The number of halogens is 1. The van der Waals surface area contributed by atoms with Gasteiger partial charge in [-0.25, -0.2) is 0 Å². The number of nitrogens with zero attached hydrogens (tertiary/aromatic N) is 1. The molecule has 0 N–H and O–H groups in total. The fourth-order valence-corrected chi connectivity index (χ4v) is 3.17. The van der Waals surface area contributed by atoms with Crippen LogP contribution in [0.1, 0.15) is 39.0 Å². The first-order chi connectivity index (χ1) is 9.19. The van der Waals surface area contributed by atoms with Crippen molar-refractivity contribution in [3.05, 3.63) is 44.3 Å². The summed E-state index contributed by atoms with van der Waals surface area (Å²) in [7, 11) is 0. The van der Waals surface area contributed by atoms with Crippen molar-refractivity contribution in [1.82, 2.24) is 0 Å². The molecule has 0 spiro atoms. The van der Waals surface area contributed by atoms with E-state index in [2.05, 4.69) is 22.9 Å². The molecule has 1 aromatic carbocycles. The van der Waals surface area contributed by atoms with Crippen LogP contribution in [0, 0.1) is 10.1 Å². The first-order valence-corrected chi connectivity index (χ1v) is 8.12. The number of nitro benzene ring substituents is 1. The molecule has 0 heterocycles. The van der Waals surface area contributed by atoms with Gasteiger partial charge in [-0.3, -0.25) is 10.1 Å². The van der Waals surface area contributed by atoms with Gasteiger partial charge in [-0.15, -0.1) is 0 Å². The van der Waals surface area contributed by atoms with E-state index < -0.39 is 0 Å². The lowest BCUT2D eigenvalue weighted by molar-refractivity contribution is -0.387. The Labute approximate surface area is 126 Å². The van der Waals surface area contributed by atoms with Gasteiger partial charge in [0.15, 0.2) is 0 Å². The van der Waals surface area contributed by atoms with E-state index >= 15 is 0 Å². The van der Waals surface area contributed by atoms with Gasteiger partial charge in [0, 0.05) is 6.07 Å². The van der Waals surface area contributed by atoms with Crippen LogP contribution in [0.2, 0.25) is 0 Å². The predicted molar refractivity (Wildman–Crippen MR) is 84.7 cm³/mol. The third-order valence-electron chi connectivity index (χ3n) is 2.70. The topological polar surface area (TPSA) is 43.1 Å². The molecular weight excluding hydrogens is 326 g/mol. The maximum atomic E-state index is 11.0. The monoisotopic (exact) mass is 343 g/mol. The lowest BCUT2D eigenvalue weighted by Gasteiger charge is -2.06. The molecule has 0 saturated heterocycles. The maximum Gasteiger partial charge on any atom is 0.283 e. The number of unbranched alkanes of at least 4 members (excludes halogenated alkanes) is 3. The van der Waals surface area contributed by atoms with E-state index in [9.17, 15) is 10.1 Å². The van der Waals surface area contributed by atoms with Crippen LogP contribution in [0.4, 0.5) is 5.69 Å². The minimum absolute atomic E-state index is 0.174. The summed E-state index contributed by atoms with van der Waals surface area (Å²) in [6, 6.07) is 6.87. The van der Waals surface area contributed by atoms with E-state index in [0.717, 1.165) is 17.7 Å². The van der Waals surface area contributed by atoms with Crippen molar-refractivity contribution in [2.45, 2.75) is 43.9 Å². The summed E-state index contributed by atoms with van der Waals surface area (Å²) in [5.74, 6) is 0. The number of benzene rings is 1. The molecule has 0 fully saturated rings. The second kappa shape index (κ2) is 9.15. The number of thioether (sulfide) groups is 1. The Morgan fingerprint density at radius 2 is 2.11 bits per heavy atom. The van der Waals surface area contributed by atoms with Crippen LogP contribution < -0.4 is 0 Å². The molecule has 1 rings (SSSR count). The van der Waals surface area contributed by atoms with Crippen LogP contribution in [0.25, 0.3) is 0 Å². The molecular formula is C14H18BrNO2S. The lowest BCUT2D eigenvalue weighted by atomic mass is 10.1. The third-order valence-corrected chi connectivity index (χ3v) is 4.71. The molecule has 0 radical (unpaired) electrons. The Hall–Kier alpha value is -0.810. The van der Waals surface area contributed by atoms with Crippen molar-refractivity contribution < 1.29 is 4.92 Å². The summed E-state index contributed by atoms with van der Waals surface area (Å²) < 4.78 is 0. The molecule has 104 valence electrons. The number of hydrogen-bond acceptors (Lipinski definition) is 3. The highest BCUT2D eigenvalue weighted by atomic mass is 79.9. The number of hydrogen-bond donors (Lipinski definition) is 0. The Balaban J connectivity index is 2.64. The number of rotatable bonds is 8. The standard InChI is InChI=1S/C14H18BrNO2S/c1-2-3-4-5-8-12(11-15)19-14-10-7-6-9-13(14)16(17)18/h6-7,9-11H,2-5,8H2,1H3/b12-11+. The second-order valence-corrected chi connectivity index (χ2v) is 5.84. The number of allylic oxidation sites excluding steroid dienone is 1. The first-order valence-electron chi connectivity index (χ1n) is 6.39. The van der Waals surface area contributed by atoms with Gasteiger partial charge in [0.05, 0.1) is 9.82 Å². The summed E-state index contributed by atoms with van der Waals surface area (Å²) in [6.07, 6.45) is 5.75. The molecule has 5 heteroatoms. The van der Waals surface area contributed by atoms with Crippen LogP contribution >= 0.6 is 27.7 Å². The quantitative estimate of drug-likeness (QED) is 0.255. The molecule has 0 aromatic heterocycles. The smallest absolute Gasteiger partial charge is 0.258 e. The van der Waals surface area contributed by atoms with Crippen molar-refractivity contribution in [2.75, 3.05) is 0 Å². The highest BCUT2D eigenvalue weighted by molar-refractivity contribution is 9.11. The Morgan fingerprint density at radius 3 is 2.74 bits per heavy atom. The summed E-state index contributed by atoms with van der Waals surface area (Å²) >= 11 is 4.83. The fraction of sp³-hybridized carbons (Fsp3) is 0.429. The highest BCUT2D eigenvalue weighted by Crippen LogP contribution is 2.36. The maximum absolute atomic E-state index is 11.0. The van der Waals surface area contributed by atoms with Gasteiger partial charge in [-0.05, 0) is 28.8 Å². The summed E-state index contributed by atoms with van der Waals surface area (Å²) in [4.78, 5) is 14.3. The fourth-order valence-electron chi connectivity index (χ4n) is 1.69. The van der Waals surface area contributed by atoms with Gasteiger partial charge in [0.2, 0.25) is 0 Å². The molecule has 0 bridgehead atoms. The SMILES string of the molecule is CCCCCC/C(=C\Br)Sc1ccccc1[N+](=O)[O-].